The number of likely N-dealkylation sites (tertiary alicyclic amines) is 1. The molecule has 2 heterocycles. The van der Waals surface area contributed by atoms with Crippen LogP contribution in [0.4, 0.5) is 11.4 Å². The smallest absolute Gasteiger partial charge is 0.313 e. The van der Waals surface area contributed by atoms with Crippen molar-refractivity contribution in [2.45, 2.75) is 18.9 Å². The molecule has 0 radical (unpaired) electrons. The van der Waals surface area contributed by atoms with E-state index in [1.807, 2.05) is 24.3 Å². The Morgan fingerprint density at radius 1 is 1.12 bits per heavy atom. The van der Waals surface area contributed by atoms with Gasteiger partial charge in [0, 0.05) is 26.2 Å². The lowest BCUT2D eigenvalue weighted by molar-refractivity contribution is -0.144. The molecule has 0 aromatic heterocycles. The van der Waals surface area contributed by atoms with E-state index in [9.17, 15) is 9.59 Å². The molecule has 0 spiro atoms. The number of anilines is 2. The summed E-state index contributed by atoms with van der Waals surface area (Å²) >= 11 is 0. The van der Waals surface area contributed by atoms with Crippen molar-refractivity contribution in [2.75, 3.05) is 63.7 Å². The van der Waals surface area contributed by atoms with Crippen LogP contribution in [0.3, 0.4) is 0 Å². The summed E-state index contributed by atoms with van der Waals surface area (Å²) in [7, 11) is 3.80. The van der Waals surface area contributed by atoms with Crippen LogP contribution in [0.2, 0.25) is 0 Å². The number of hydrogen-bond donors (Lipinski definition) is 1. The Balaban J connectivity index is 1.65. The molecule has 0 bridgehead atoms. The molecule has 7 nitrogen and oxygen atoms in total. The highest BCUT2D eigenvalue weighted by molar-refractivity contribution is 6.39. The van der Waals surface area contributed by atoms with E-state index in [1.165, 1.54) is 0 Å². The molecule has 0 atom stereocenters. The van der Waals surface area contributed by atoms with Gasteiger partial charge in [0.25, 0.3) is 0 Å². The molecule has 0 unspecified atom stereocenters. The van der Waals surface area contributed by atoms with Crippen LogP contribution in [-0.2, 0) is 14.3 Å². The number of rotatable bonds is 3. The summed E-state index contributed by atoms with van der Waals surface area (Å²) in [4.78, 5) is 31.1. The van der Waals surface area contributed by atoms with Crippen molar-refractivity contribution in [1.82, 2.24) is 9.80 Å². The second-order valence-corrected chi connectivity index (χ2v) is 7.02. The number of morpholine rings is 1. The topological polar surface area (TPSA) is 65.1 Å². The maximum atomic E-state index is 12.6. The van der Waals surface area contributed by atoms with Crippen molar-refractivity contribution in [2.24, 2.45) is 0 Å². The van der Waals surface area contributed by atoms with Gasteiger partial charge in [-0.15, -0.1) is 0 Å². The summed E-state index contributed by atoms with van der Waals surface area (Å²) in [6, 6.07) is 7.73. The van der Waals surface area contributed by atoms with Crippen molar-refractivity contribution >= 4 is 23.2 Å². The summed E-state index contributed by atoms with van der Waals surface area (Å²) in [6.45, 7) is 4.78. The minimum absolute atomic E-state index is 0.124. The first-order valence-corrected chi connectivity index (χ1v) is 9.24. The van der Waals surface area contributed by atoms with Gasteiger partial charge in [0.15, 0.2) is 0 Å². The number of carbonyl (C=O) groups is 2. The molecule has 0 saturated carbocycles. The van der Waals surface area contributed by atoms with Crippen LogP contribution in [0.25, 0.3) is 0 Å². The van der Waals surface area contributed by atoms with E-state index < -0.39 is 11.8 Å². The van der Waals surface area contributed by atoms with Gasteiger partial charge in [-0.05, 0) is 45.1 Å². The van der Waals surface area contributed by atoms with Crippen LogP contribution in [0.1, 0.15) is 12.8 Å². The zero-order valence-corrected chi connectivity index (χ0v) is 15.6. The molecule has 1 aromatic rings. The molecule has 2 saturated heterocycles. The molecule has 3 rings (SSSR count). The number of nitrogens with zero attached hydrogens (tertiary/aromatic N) is 3. The van der Waals surface area contributed by atoms with E-state index >= 15 is 0 Å². The number of ether oxygens (including phenoxy) is 1. The zero-order chi connectivity index (χ0) is 18.5. The Morgan fingerprint density at radius 2 is 1.77 bits per heavy atom. The molecule has 7 heteroatoms. The van der Waals surface area contributed by atoms with Gasteiger partial charge < -0.3 is 24.8 Å². The lowest BCUT2D eigenvalue weighted by atomic mass is 10.0. The number of hydrogen-bond acceptors (Lipinski definition) is 5. The number of benzene rings is 1. The molecular formula is C19H28N4O3. The van der Waals surface area contributed by atoms with Crippen LogP contribution in [-0.4, -0.2) is 81.1 Å². The fraction of sp³-hybridized carbons (Fsp3) is 0.579. The Bertz CT molecular complexity index is 637. The van der Waals surface area contributed by atoms with Crippen molar-refractivity contribution in [3.05, 3.63) is 24.3 Å². The van der Waals surface area contributed by atoms with Gasteiger partial charge in [-0.1, -0.05) is 12.1 Å². The molecule has 142 valence electrons. The van der Waals surface area contributed by atoms with Crippen molar-refractivity contribution in [3.8, 4) is 0 Å². The highest BCUT2D eigenvalue weighted by Gasteiger charge is 2.28. The SMILES string of the molecule is CN1CCC(N(C)C(=O)C(=O)Nc2ccccc2N2CCOCC2)CC1. The predicted octanol–water partition coefficient (Wildman–Crippen LogP) is 1.01. The number of para-hydroxylation sites is 2. The van der Waals surface area contributed by atoms with E-state index in [-0.39, 0.29) is 6.04 Å². The second-order valence-electron chi connectivity index (χ2n) is 7.02. The number of piperidine rings is 1. The van der Waals surface area contributed by atoms with E-state index in [0.29, 0.717) is 18.9 Å². The lowest BCUT2D eigenvalue weighted by Gasteiger charge is -2.34. The standard InChI is InChI=1S/C19H28N4O3/c1-21-9-7-15(8-10-21)22(2)19(25)18(24)20-16-5-3-4-6-17(16)23-11-13-26-14-12-23/h3-6,15H,7-14H2,1-2H3,(H,20,24). The van der Waals surface area contributed by atoms with Crippen LogP contribution in [0.5, 0.6) is 0 Å². The van der Waals surface area contributed by atoms with Gasteiger partial charge in [-0.25, -0.2) is 0 Å². The maximum absolute atomic E-state index is 12.6. The number of likely N-dealkylation sites (N-methyl/N-ethyl adjacent to an activating group) is 1. The molecule has 2 aliphatic heterocycles. The van der Waals surface area contributed by atoms with Gasteiger partial charge in [-0.3, -0.25) is 9.59 Å². The normalized spacial score (nSPS) is 19.2. The molecule has 2 amide bonds. The summed E-state index contributed by atoms with van der Waals surface area (Å²) in [5.74, 6) is -1.05. The number of carbonyl (C=O) groups excluding carboxylic acids is 2. The molecule has 2 aliphatic rings. The summed E-state index contributed by atoms with van der Waals surface area (Å²) in [5, 5.41) is 2.81. The summed E-state index contributed by atoms with van der Waals surface area (Å²) in [5.41, 5.74) is 1.60. The fourth-order valence-electron chi connectivity index (χ4n) is 3.54. The van der Waals surface area contributed by atoms with Gasteiger partial charge in [-0.2, -0.15) is 0 Å². The third-order valence-corrected chi connectivity index (χ3v) is 5.25. The molecule has 1 N–H and O–H groups in total. The first kappa shape index (κ1) is 18.7. The largest absolute Gasteiger partial charge is 0.378 e. The van der Waals surface area contributed by atoms with E-state index in [1.54, 1.807) is 11.9 Å². The minimum atomic E-state index is -0.577. The third-order valence-electron chi connectivity index (χ3n) is 5.25. The highest BCUT2D eigenvalue weighted by atomic mass is 16.5. The first-order chi connectivity index (χ1) is 12.6. The quantitative estimate of drug-likeness (QED) is 0.815. The highest BCUT2D eigenvalue weighted by Crippen LogP contribution is 2.26. The fourth-order valence-corrected chi connectivity index (χ4v) is 3.54. The Hall–Kier alpha value is -2.12. The van der Waals surface area contributed by atoms with Crippen LogP contribution in [0, 0.1) is 0 Å². The lowest BCUT2D eigenvalue weighted by Crippen LogP contribution is -2.48. The summed E-state index contributed by atoms with van der Waals surface area (Å²) in [6.07, 6.45) is 1.80. The van der Waals surface area contributed by atoms with E-state index in [0.717, 1.165) is 44.7 Å². The molecular weight excluding hydrogens is 332 g/mol. The molecule has 1 aromatic carbocycles. The zero-order valence-electron chi connectivity index (χ0n) is 15.6. The monoisotopic (exact) mass is 360 g/mol. The average molecular weight is 360 g/mol. The Kier molecular flexibility index (Phi) is 6.11. The van der Waals surface area contributed by atoms with Crippen molar-refractivity contribution < 1.29 is 14.3 Å². The van der Waals surface area contributed by atoms with E-state index in [2.05, 4.69) is 22.2 Å². The number of amides is 2. The average Bonchev–Trinajstić information content (AvgIpc) is 2.68. The summed E-state index contributed by atoms with van der Waals surface area (Å²) < 4.78 is 5.39. The second kappa shape index (κ2) is 8.51. The van der Waals surface area contributed by atoms with Crippen LogP contribution < -0.4 is 10.2 Å². The van der Waals surface area contributed by atoms with Gasteiger partial charge in [0.2, 0.25) is 0 Å². The van der Waals surface area contributed by atoms with Gasteiger partial charge in [0.1, 0.15) is 0 Å². The minimum Gasteiger partial charge on any atom is -0.378 e. The van der Waals surface area contributed by atoms with E-state index in [4.69, 9.17) is 4.74 Å². The molecule has 2 fully saturated rings. The Labute approximate surface area is 154 Å². The maximum Gasteiger partial charge on any atom is 0.313 e. The van der Waals surface area contributed by atoms with Gasteiger partial charge >= 0.3 is 11.8 Å². The van der Waals surface area contributed by atoms with Crippen molar-refractivity contribution in [3.63, 3.8) is 0 Å². The Morgan fingerprint density at radius 3 is 2.46 bits per heavy atom. The van der Waals surface area contributed by atoms with Crippen molar-refractivity contribution in [1.29, 1.82) is 0 Å². The van der Waals surface area contributed by atoms with Gasteiger partial charge in [0.05, 0.1) is 24.6 Å². The third kappa shape index (κ3) is 4.34. The van der Waals surface area contributed by atoms with Crippen LogP contribution >= 0.6 is 0 Å². The first-order valence-electron chi connectivity index (χ1n) is 9.24. The molecule has 0 aliphatic carbocycles. The van der Waals surface area contributed by atoms with Crippen LogP contribution in [0.15, 0.2) is 24.3 Å². The predicted molar refractivity (Wildman–Crippen MR) is 101 cm³/mol. The number of nitrogens with one attached hydrogen (secondary N) is 1. The molecule has 26 heavy (non-hydrogen) atoms.